The number of likely N-dealkylation sites (tertiary alicyclic amines) is 1. The van der Waals surface area contributed by atoms with E-state index in [1.807, 2.05) is 37.3 Å². The number of hydrogen-bond donors (Lipinski definition) is 0. The minimum absolute atomic E-state index is 0.0848. The van der Waals surface area contributed by atoms with Crippen LogP contribution in [-0.2, 0) is 15.0 Å². The summed E-state index contributed by atoms with van der Waals surface area (Å²) in [4.78, 5) is 24.8. The lowest BCUT2D eigenvalue weighted by molar-refractivity contribution is -0.151. The molecule has 3 nitrogen and oxygen atoms in total. The Bertz CT molecular complexity index is 427. The predicted octanol–water partition coefficient (Wildman–Crippen LogP) is 1.72. The van der Waals surface area contributed by atoms with E-state index in [0.29, 0.717) is 12.8 Å². The number of rotatable bonds is 1. The fraction of sp³-hybridized carbons (Fsp3) is 0.385. The van der Waals surface area contributed by atoms with Crippen LogP contribution in [0.25, 0.3) is 0 Å². The second kappa shape index (κ2) is 3.74. The third-order valence-electron chi connectivity index (χ3n) is 3.40. The quantitative estimate of drug-likeness (QED) is 0.672. The van der Waals surface area contributed by atoms with Crippen molar-refractivity contribution in [1.82, 2.24) is 4.90 Å². The molecule has 2 amide bonds. The van der Waals surface area contributed by atoms with E-state index in [4.69, 9.17) is 0 Å². The van der Waals surface area contributed by atoms with Gasteiger partial charge in [0, 0.05) is 13.5 Å². The maximum atomic E-state index is 12.2. The molecule has 1 fully saturated rings. The SMILES string of the molecule is CN1C(=O)CCC(C)(c2ccccc2)C1=O. The molecule has 0 bridgehead atoms. The van der Waals surface area contributed by atoms with Gasteiger partial charge in [-0.3, -0.25) is 14.5 Å². The second-order valence-corrected chi connectivity index (χ2v) is 4.46. The van der Waals surface area contributed by atoms with Crippen molar-refractivity contribution in [3.63, 3.8) is 0 Å². The summed E-state index contributed by atoms with van der Waals surface area (Å²) in [6.07, 6.45) is 1.03. The molecule has 1 aromatic carbocycles. The maximum Gasteiger partial charge on any atom is 0.239 e. The Kier molecular flexibility index (Phi) is 2.54. The van der Waals surface area contributed by atoms with Gasteiger partial charge in [0.25, 0.3) is 0 Å². The molecule has 0 saturated carbocycles. The lowest BCUT2D eigenvalue weighted by Gasteiger charge is -2.36. The first-order valence-corrected chi connectivity index (χ1v) is 5.42. The summed E-state index contributed by atoms with van der Waals surface area (Å²) >= 11 is 0. The number of carbonyl (C=O) groups is 2. The minimum atomic E-state index is -0.552. The van der Waals surface area contributed by atoms with E-state index in [0.717, 1.165) is 5.56 Å². The molecule has 16 heavy (non-hydrogen) atoms. The predicted molar refractivity (Wildman–Crippen MR) is 60.8 cm³/mol. The fourth-order valence-electron chi connectivity index (χ4n) is 2.19. The van der Waals surface area contributed by atoms with Crippen LogP contribution in [0.15, 0.2) is 30.3 Å². The average molecular weight is 217 g/mol. The van der Waals surface area contributed by atoms with Crippen LogP contribution in [0, 0.1) is 0 Å². The zero-order chi connectivity index (χ0) is 11.8. The van der Waals surface area contributed by atoms with E-state index < -0.39 is 5.41 Å². The number of likely N-dealkylation sites (N-methyl/N-ethyl adjacent to an activating group) is 1. The first kappa shape index (κ1) is 10.9. The van der Waals surface area contributed by atoms with Crippen molar-refractivity contribution in [2.24, 2.45) is 0 Å². The summed E-state index contributed by atoms with van der Waals surface area (Å²) < 4.78 is 0. The van der Waals surface area contributed by atoms with Crippen LogP contribution in [0.2, 0.25) is 0 Å². The van der Waals surface area contributed by atoms with Crippen LogP contribution in [0.1, 0.15) is 25.3 Å². The highest BCUT2D eigenvalue weighted by Gasteiger charge is 2.42. The summed E-state index contributed by atoms with van der Waals surface area (Å²) in [7, 11) is 1.56. The molecule has 1 aromatic rings. The average Bonchev–Trinajstić information content (AvgIpc) is 2.33. The lowest BCUT2D eigenvalue weighted by atomic mass is 9.75. The molecule has 0 spiro atoms. The summed E-state index contributed by atoms with van der Waals surface area (Å²) in [6.45, 7) is 1.91. The number of hydrogen-bond acceptors (Lipinski definition) is 2. The normalized spacial score (nSPS) is 26.0. The van der Waals surface area contributed by atoms with Crippen molar-refractivity contribution in [2.45, 2.75) is 25.2 Å². The summed E-state index contributed by atoms with van der Waals surface area (Å²) in [5.74, 6) is -0.187. The molecule has 84 valence electrons. The highest BCUT2D eigenvalue weighted by atomic mass is 16.2. The molecule has 0 aromatic heterocycles. The van der Waals surface area contributed by atoms with Gasteiger partial charge in [0.2, 0.25) is 11.8 Å². The number of nitrogens with zero attached hydrogens (tertiary/aromatic N) is 1. The van der Waals surface area contributed by atoms with Crippen molar-refractivity contribution >= 4 is 11.8 Å². The highest BCUT2D eigenvalue weighted by Crippen LogP contribution is 2.34. The number of amides is 2. The van der Waals surface area contributed by atoms with Crippen molar-refractivity contribution in [3.05, 3.63) is 35.9 Å². The van der Waals surface area contributed by atoms with Crippen LogP contribution < -0.4 is 0 Å². The number of carbonyl (C=O) groups excluding carboxylic acids is 2. The van der Waals surface area contributed by atoms with E-state index >= 15 is 0 Å². The molecule has 0 radical (unpaired) electrons. The van der Waals surface area contributed by atoms with Gasteiger partial charge in [0.1, 0.15) is 0 Å². The van der Waals surface area contributed by atoms with Crippen LogP contribution in [0.5, 0.6) is 0 Å². The number of imide groups is 1. The van der Waals surface area contributed by atoms with Gasteiger partial charge in [0.15, 0.2) is 0 Å². The van der Waals surface area contributed by atoms with Gasteiger partial charge in [0.05, 0.1) is 5.41 Å². The van der Waals surface area contributed by atoms with Crippen LogP contribution in [0.3, 0.4) is 0 Å². The molecule has 1 unspecified atom stereocenters. The molecular formula is C13H15NO2. The van der Waals surface area contributed by atoms with Crippen LogP contribution in [0.4, 0.5) is 0 Å². The molecule has 0 aliphatic carbocycles. The van der Waals surface area contributed by atoms with Gasteiger partial charge >= 0.3 is 0 Å². The molecule has 1 aliphatic rings. The monoisotopic (exact) mass is 217 g/mol. The second-order valence-electron chi connectivity index (χ2n) is 4.46. The zero-order valence-electron chi connectivity index (χ0n) is 9.56. The minimum Gasteiger partial charge on any atom is -0.285 e. The lowest BCUT2D eigenvalue weighted by Crippen LogP contribution is -2.50. The molecule has 2 rings (SSSR count). The Balaban J connectivity index is 2.39. The van der Waals surface area contributed by atoms with Gasteiger partial charge in [-0.25, -0.2) is 0 Å². The molecule has 1 heterocycles. The Hall–Kier alpha value is -1.64. The van der Waals surface area contributed by atoms with Crippen molar-refractivity contribution in [1.29, 1.82) is 0 Å². The third-order valence-corrected chi connectivity index (χ3v) is 3.40. The molecule has 1 aliphatic heterocycles. The first-order chi connectivity index (χ1) is 7.55. The van der Waals surface area contributed by atoms with E-state index in [9.17, 15) is 9.59 Å². The Labute approximate surface area is 95.1 Å². The number of benzene rings is 1. The van der Waals surface area contributed by atoms with Gasteiger partial charge in [-0.2, -0.15) is 0 Å². The fourth-order valence-corrected chi connectivity index (χ4v) is 2.19. The van der Waals surface area contributed by atoms with Crippen LogP contribution >= 0.6 is 0 Å². The van der Waals surface area contributed by atoms with Gasteiger partial charge < -0.3 is 0 Å². The summed E-state index contributed by atoms with van der Waals surface area (Å²) in [5, 5.41) is 0. The molecule has 1 atom stereocenters. The zero-order valence-corrected chi connectivity index (χ0v) is 9.56. The molecular weight excluding hydrogens is 202 g/mol. The van der Waals surface area contributed by atoms with Crippen molar-refractivity contribution in [2.75, 3.05) is 7.05 Å². The van der Waals surface area contributed by atoms with Gasteiger partial charge in [-0.15, -0.1) is 0 Å². The van der Waals surface area contributed by atoms with Crippen molar-refractivity contribution < 1.29 is 9.59 Å². The summed E-state index contributed by atoms with van der Waals surface area (Å²) in [5.41, 5.74) is 0.434. The molecule has 1 saturated heterocycles. The van der Waals surface area contributed by atoms with E-state index in [1.165, 1.54) is 4.90 Å². The van der Waals surface area contributed by atoms with E-state index in [1.54, 1.807) is 7.05 Å². The maximum absolute atomic E-state index is 12.2. The first-order valence-electron chi connectivity index (χ1n) is 5.42. The van der Waals surface area contributed by atoms with Gasteiger partial charge in [-0.1, -0.05) is 30.3 Å². The Morgan fingerprint density at radius 1 is 1.19 bits per heavy atom. The third kappa shape index (κ3) is 1.52. The topological polar surface area (TPSA) is 37.4 Å². The standard InChI is InChI=1S/C13H15NO2/c1-13(10-6-4-3-5-7-10)9-8-11(15)14(2)12(13)16/h3-7H,8-9H2,1-2H3. The van der Waals surface area contributed by atoms with Crippen LogP contribution in [-0.4, -0.2) is 23.8 Å². The smallest absolute Gasteiger partial charge is 0.239 e. The van der Waals surface area contributed by atoms with E-state index in [-0.39, 0.29) is 11.8 Å². The number of piperidine rings is 1. The summed E-state index contributed by atoms with van der Waals surface area (Å²) in [6, 6.07) is 9.66. The molecule has 3 heteroatoms. The van der Waals surface area contributed by atoms with Crippen molar-refractivity contribution in [3.8, 4) is 0 Å². The Morgan fingerprint density at radius 3 is 2.44 bits per heavy atom. The highest BCUT2D eigenvalue weighted by molar-refractivity contribution is 6.02. The van der Waals surface area contributed by atoms with E-state index in [2.05, 4.69) is 0 Å². The Morgan fingerprint density at radius 2 is 1.81 bits per heavy atom. The molecule has 0 N–H and O–H groups in total. The largest absolute Gasteiger partial charge is 0.285 e. The van der Waals surface area contributed by atoms with Gasteiger partial charge in [-0.05, 0) is 18.9 Å².